The maximum Gasteiger partial charge on any atom is 0.328 e. The smallest absolute Gasteiger partial charge is 0.328 e. The minimum Gasteiger partial charge on any atom is -0.480 e. The number of carboxylic acids is 1. The van der Waals surface area contributed by atoms with E-state index in [-0.39, 0.29) is 19.1 Å². The van der Waals surface area contributed by atoms with Crippen LogP contribution in [0.3, 0.4) is 0 Å². The van der Waals surface area contributed by atoms with Crippen LogP contribution in [0.15, 0.2) is 36.9 Å². The summed E-state index contributed by atoms with van der Waals surface area (Å²) in [7, 11) is 0. The number of aryl methyl sites for hydroxylation is 1. The Morgan fingerprint density at radius 3 is 2.43 bits per heavy atom. The molecule has 126 valence electrons. The molecule has 0 aliphatic carbocycles. The van der Waals surface area contributed by atoms with Gasteiger partial charge in [-0.1, -0.05) is 37.3 Å². The topological polar surface area (TPSA) is 75.6 Å². The molecule has 2 N–H and O–H groups in total. The Bertz CT molecular complexity index is 549. The van der Waals surface area contributed by atoms with E-state index in [0.29, 0.717) is 0 Å². The van der Waals surface area contributed by atoms with Crippen LogP contribution in [0.4, 0.5) is 0 Å². The fraction of sp³-hybridized carbons (Fsp3) is 0.444. The lowest BCUT2D eigenvalue weighted by Gasteiger charge is -2.26. The second-order valence-corrected chi connectivity index (χ2v) is 5.87. The number of carbonyl (C=O) groups excluding carboxylic acids is 1. The molecular formula is C18H25NO4. The van der Waals surface area contributed by atoms with Gasteiger partial charge in [-0.05, 0) is 31.4 Å². The molecule has 5 nitrogen and oxygen atoms in total. The molecule has 1 amide bonds. The van der Waals surface area contributed by atoms with Crippen LogP contribution in [0.1, 0.15) is 31.9 Å². The molecule has 0 saturated carbocycles. The van der Waals surface area contributed by atoms with E-state index in [0.717, 1.165) is 12.0 Å². The van der Waals surface area contributed by atoms with Gasteiger partial charge in [-0.15, -0.1) is 6.58 Å². The number of carboxylic acid groups (broad SMARTS) is 1. The van der Waals surface area contributed by atoms with Crippen molar-refractivity contribution >= 4 is 11.9 Å². The van der Waals surface area contributed by atoms with Crippen molar-refractivity contribution in [3.63, 3.8) is 0 Å². The van der Waals surface area contributed by atoms with Gasteiger partial charge in [-0.25, -0.2) is 4.79 Å². The monoisotopic (exact) mass is 319 g/mol. The van der Waals surface area contributed by atoms with Crippen LogP contribution in [-0.4, -0.2) is 36.2 Å². The van der Waals surface area contributed by atoms with Gasteiger partial charge in [0.25, 0.3) is 0 Å². The quantitative estimate of drug-likeness (QED) is 0.541. The highest BCUT2D eigenvalue weighted by molar-refractivity contribution is 5.90. The van der Waals surface area contributed by atoms with E-state index in [2.05, 4.69) is 18.8 Å². The molecule has 0 heterocycles. The predicted octanol–water partition coefficient (Wildman–Crippen LogP) is 2.30. The molecule has 23 heavy (non-hydrogen) atoms. The molecule has 0 spiro atoms. The zero-order chi connectivity index (χ0) is 17.5. The summed E-state index contributed by atoms with van der Waals surface area (Å²) in [5.41, 5.74) is 1.19. The molecule has 1 aromatic rings. The number of nitrogens with one attached hydrogen (secondary N) is 1. The average Bonchev–Trinajstić information content (AvgIpc) is 2.53. The second kappa shape index (κ2) is 8.48. The number of benzene rings is 1. The SMILES string of the molecule is C=CCOCC(NC(=O)C(C)(C)c1ccc(CC)cc1)C(=O)O. The number of hydrogen-bond donors (Lipinski definition) is 2. The van der Waals surface area contributed by atoms with Gasteiger partial charge >= 0.3 is 5.97 Å². The van der Waals surface area contributed by atoms with Gasteiger partial charge in [0.05, 0.1) is 18.6 Å². The van der Waals surface area contributed by atoms with Crippen LogP contribution >= 0.6 is 0 Å². The van der Waals surface area contributed by atoms with Crippen LogP contribution in [0.5, 0.6) is 0 Å². The van der Waals surface area contributed by atoms with Crippen molar-refractivity contribution in [3.8, 4) is 0 Å². The molecule has 5 heteroatoms. The first kappa shape index (κ1) is 18.9. The predicted molar refractivity (Wildman–Crippen MR) is 89.4 cm³/mol. The van der Waals surface area contributed by atoms with Gasteiger partial charge in [0.15, 0.2) is 6.04 Å². The molecule has 0 aliphatic rings. The Labute approximate surface area is 137 Å². The van der Waals surface area contributed by atoms with Gasteiger partial charge in [-0.3, -0.25) is 4.79 Å². The summed E-state index contributed by atoms with van der Waals surface area (Å²) in [6.45, 7) is 9.24. The number of rotatable bonds is 9. The summed E-state index contributed by atoms with van der Waals surface area (Å²) < 4.78 is 5.14. The Morgan fingerprint density at radius 1 is 1.35 bits per heavy atom. The number of aliphatic carboxylic acids is 1. The normalized spacial score (nSPS) is 12.5. The number of ether oxygens (including phenoxy) is 1. The van der Waals surface area contributed by atoms with Gasteiger partial charge in [0.1, 0.15) is 0 Å². The average molecular weight is 319 g/mol. The van der Waals surface area contributed by atoms with E-state index in [1.807, 2.05) is 24.3 Å². The minimum absolute atomic E-state index is 0.0993. The van der Waals surface area contributed by atoms with Crippen LogP contribution in [0, 0.1) is 0 Å². The zero-order valence-corrected chi connectivity index (χ0v) is 14.0. The Hall–Kier alpha value is -2.14. The molecule has 0 bridgehead atoms. The van der Waals surface area contributed by atoms with Crippen molar-refractivity contribution in [3.05, 3.63) is 48.0 Å². The number of carbonyl (C=O) groups is 2. The zero-order valence-electron chi connectivity index (χ0n) is 14.0. The van der Waals surface area contributed by atoms with E-state index in [4.69, 9.17) is 4.74 Å². The van der Waals surface area contributed by atoms with E-state index in [9.17, 15) is 14.7 Å². The standard InChI is InChI=1S/C18H25NO4/c1-5-11-23-12-15(16(20)21)19-17(22)18(3,4)14-9-7-13(6-2)8-10-14/h5,7-10,15H,1,6,11-12H2,2-4H3,(H,19,22)(H,20,21). The molecular weight excluding hydrogens is 294 g/mol. The maximum absolute atomic E-state index is 12.5. The maximum atomic E-state index is 12.5. The minimum atomic E-state index is -1.13. The summed E-state index contributed by atoms with van der Waals surface area (Å²) in [6.07, 6.45) is 2.45. The number of hydrogen-bond acceptors (Lipinski definition) is 3. The van der Waals surface area contributed by atoms with Crippen molar-refractivity contribution in [2.75, 3.05) is 13.2 Å². The molecule has 0 aliphatic heterocycles. The van der Waals surface area contributed by atoms with Crippen molar-refractivity contribution in [2.24, 2.45) is 0 Å². The molecule has 0 fully saturated rings. The van der Waals surface area contributed by atoms with Gasteiger partial charge in [0.2, 0.25) is 5.91 Å². The highest BCUT2D eigenvalue weighted by Crippen LogP contribution is 2.24. The highest BCUT2D eigenvalue weighted by Gasteiger charge is 2.33. The third-order valence-electron chi connectivity index (χ3n) is 3.78. The second-order valence-electron chi connectivity index (χ2n) is 5.87. The molecule has 1 unspecified atom stereocenters. The molecule has 0 aromatic heterocycles. The molecule has 1 rings (SSSR count). The molecule has 0 radical (unpaired) electrons. The fourth-order valence-electron chi connectivity index (χ4n) is 2.07. The Balaban J connectivity index is 2.82. The first-order valence-corrected chi connectivity index (χ1v) is 7.64. The lowest BCUT2D eigenvalue weighted by molar-refractivity contribution is -0.144. The van der Waals surface area contributed by atoms with E-state index in [1.54, 1.807) is 13.8 Å². The fourth-order valence-corrected chi connectivity index (χ4v) is 2.07. The van der Waals surface area contributed by atoms with E-state index < -0.39 is 17.4 Å². The van der Waals surface area contributed by atoms with Crippen molar-refractivity contribution in [1.82, 2.24) is 5.32 Å². The van der Waals surface area contributed by atoms with Crippen molar-refractivity contribution < 1.29 is 19.4 Å². The largest absolute Gasteiger partial charge is 0.480 e. The summed E-state index contributed by atoms with van der Waals surface area (Å²) >= 11 is 0. The first-order chi connectivity index (χ1) is 10.8. The third kappa shape index (κ3) is 5.21. The van der Waals surface area contributed by atoms with Crippen molar-refractivity contribution in [2.45, 2.75) is 38.6 Å². The molecule has 1 atom stereocenters. The van der Waals surface area contributed by atoms with Gasteiger partial charge < -0.3 is 15.2 Å². The van der Waals surface area contributed by atoms with Crippen LogP contribution in [-0.2, 0) is 26.2 Å². The summed E-state index contributed by atoms with van der Waals surface area (Å²) in [6, 6.07) is 6.68. The summed E-state index contributed by atoms with van der Waals surface area (Å²) in [5, 5.41) is 11.8. The molecule has 0 saturated heterocycles. The van der Waals surface area contributed by atoms with Crippen molar-refractivity contribution in [1.29, 1.82) is 0 Å². The van der Waals surface area contributed by atoms with Crippen LogP contribution in [0.25, 0.3) is 0 Å². The first-order valence-electron chi connectivity index (χ1n) is 7.64. The lowest BCUT2D eigenvalue weighted by atomic mass is 9.83. The van der Waals surface area contributed by atoms with Gasteiger partial charge in [0, 0.05) is 0 Å². The Morgan fingerprint density at radius 2 is 1.96 bits per heavy atom. The summed E-state index contributed by atoms with van der Waals surface area (Å²) in [5.74, 6) is -1.48. The lowest BCUT2D eigenvalue weighted by Crippen LogP contribution is -2.50. The highest BCUT2D eigenvalue weighted by atomic mass is 16.5. The van der Waals surface area contributed by atoms with Gasteiger partial charge in [-0.2, -0.15) is 0 Å². The Kier molecular flexibility index (Phi) is 6.97. The van der Waals surface area contributed by atoms with E-state index in [1.165, 1.54) is 11.6 Å². The number of amides is 1. The van der Waals surface area contributed by atoms with Crippen LogP contribution < -0.4 is 5.32 Å². The van der Waals surface area contributed by atoms with Crippen LogP contribution in [0.2, 0.25) is 0 Å². The summed E-state index contributed by atoms with van der Waals surface area (Å²) in [4.78, 5) is 23.8. The third-order valence-corrected chi connectivity index (χ3v) is 3.78. The molecule has 1 aromatic carbocycles. The van der Waals surface area contributed by atoms with E-state index >= 15 is 0 Å².